The highest BCUT2D eigenvalue weighted by atomic mass is 32.2. The highest BCUT2D eigenvalue weighted by molar-refractivity contribution is 7.98. The molecule has 0 bridgehead atoms. The summed E-state index contributed by atoms with van der Waals surface area (Å²) in [5, 5.41) is 3.39. The zero-order valence-corrected chi connectivity index (χ0v) is 18.9. The van der Waals surface area contributed by atoms with Crippen molar-refractivity contribution in [2.45, 2.75) is 30.2 Å². The highest BCUT2D eigenvalue weighted by Crippen LogP contribution is 2.36. The van der Waals surface area contributed by atoms with Crippen LogP contribution < -0.4 is 10.9 Å². The van der Waals surface area contributed by atoms with Crippen LogP contribution in [0.5, 0.6) is 0 Å². The first kappa shape index (κ1) is 21.8. The Morgan fingerprint density at radius 1 is 1.22 bits per heavy atom. The summed E-state index contributed by atoms with van der Waals surface area (Å²) in [7, 11) is 3.12. The number of nitrogens with zero attached hydrogens (tertiary/aromatic N) is 2. The zero-order valence-electron chi connectivity index (χ0n) is 18.0. The maximum Gasteiger partial charge on any atom is 0.337 e. The van der Waals surface area contributed by atoms with E-state index in [9.17, 15) is 14.4 Å². The number of hydrogen-bond donors (Lipinski definition) is 1. The Hall–Kier alpha value is -3.39. The van der Waals surface area contributed by atoms with E-state index in [4.69, 9.17) is 4.74 Å². The third-order valence-corrected chi connectivity index (χ3v) is 6.59. The Morgan fingerprint density at radius 3 is 2.66 bits per heavy atom. The summed E-state index contributed by atoms with van der Waals surface area (Å²) < 4.78 is 6.50. The fraction of sp³-hybridized carbons (Fsp3) is 0.250. The molecule has 0 fully saturated rings. The number of amides is 1. The molecule has 2 heterocycles. The minimum atomic E-state index is -0.439. The molecule has 1 N–H and O–H groups in total. The Balaban J connectivity index is 1.68. The first-order chi connectivity index (χ1) is 15.4. The molecule has 0 saturated carbocycles. The minimum absolute atomic E-state index is 0.136. The van der Waals surface area contributed by atoms with Gasteiger partial charge in [-0.05, 0) is 30.2 Å². The van der Waals surface area contributed by atoms with Crippen LogP contribution in [0, 0.1) is 6.92 Å². The van der Waals surface area contributed by atoms with Gasteiger partial charge in [-0.25, -0.2) is 4.79 Å². The summed E-state index contributed by atoms with van der Waals surface area (Å²) in [6.07, 6.45) is 0.136. The van der Waals surface area contributed by atoms with E-state index in [1.807, 2.05) is 25.1 Å². The number of benzene rings is 2. The Morgan fingerprint density at radius 2 is 1.97 bits per heavy atom. The topological polar surface area (TPSA) is 90.3 Å². The number of esters is 1. The third-order valence-electron chi connectivity index (χ3n) is 5.49. The maximum absolute atomic E-state index is 13.1. The quantitative estimate of drug-likeness (QED) is 0.363. The molecule has 7 nitrogen and oxygen atoms in total. The number of anilines is 1. The van der Waals surface area contributed by atoms with Gasteiger partial charge in [-0.1, -0.05) is 53.7 Å². The molecule has 0 unspecified atom stereocenters. The van der Waals surface area contributed by atoms with Crippen LogP contribution in [0.1, 0.15) is 45.0 Å². The lowest BCUT2D eigenvalue weighted by Gasteiger charge is -2.27. The number of aryl methyl sites for hydroxylation is 1. The summed E-state index contributed by atoms with van der Waals surface area (Å²) in [6.45, 7) is 2.04. The van der Waals surface area contributed by atoms with E-state index in [1.165, 1.54) is 24.4 Å². The minimum Gasteiger partial charge on any atom is -0.465 e. The molecule has 32 heavy (non-hydrogen) atoms. The molecule has 3 aromatic rings. The number of carbonyl (C=O) groups is 2. The van der Waals surface area contributed by atoms with Crippen molar-refractivity contribution in [2.75, 3.05) is 12.4 Å². The number of nitrogens with one attached hydrogen (secondary N) is 1. The molecule has 1 aromatic heterocycles. The normalized spacial score (nSPS) is 15.1. The van der Waals surface area contributed by atoms with Crippen LogP contribution in [0.15, 0.2) is 58.5 Å². The lowest BCUT2D eigenvalue weighted by atomic mass is 9.86. The van der Waals surface area contributed by atoms with E-state index in [0.29, 0.717) is 27.9 Å². The van der Waals surface area contributed by atoms with Crippen LogP contribution in [0.25, 0.3) is 0 Å². The highest BCUT2D eigenvalue weighted by Gasteiger charge is 2.32. The lowest BCUT2D eigenvalue weighted by Crippen LogP contribution is -2.33. The summed E-state index contributed by atoms with van der Waals surface area (Å²) >= 11 is 1.45. The van der Waals surface area contributed by atoms with Crippen LogP contribution in [-0.4, -0.2) is 28.5 Å². The molecule has 1 atom stereocenters. The van der Waals surface area contributed by atoms with Crippen LogP contribution >= 0.6 is 11.8 Å². The largest absolute Gasteiger partial charge is 0.465 e. The molecular weight excluding hydrogens is 426 g/mol. The van der Waals surface area contributed by atoms with Gasteiger partial charge in [0.05, 0.1) is 18.2 Å². The van der Waals surface area contributed by atoms with E-state index in [-0.39, 0.29) is 17.9 Å². The van der Waals surface area contributed by atoms with E-state index in [2.05, 4.69) is 16.4 Å². The van der Waals surface area contributed by atoms with Gasteiger partial charge in [0.25, 0.3) is 5.56 Å². The van der Waals surface area contributed by atoms with Gasteiger partial charge in [-0.2, -0.15) is 4.98 Å². The summed E-state index contributed by atoms with van der Waals surface area (Å²) in [5.41, 5.74) is 3.58. The summed E-state index contributed by atoms with van der Waals surface area (Å²) in [4.78, 5) is 41.6. The van der Waals surface area contributed by atoms with Gasteiger partial charge in [0.1, 0.15) is 5.82 Å². The molecule has 0 spiro atoms. The van der Waals surface area contributed by atoms with Crippen molar-refractivity contribution in [3.8, 4) is 0 Å². The van der Waals surface area contributed by atoms with Gasteiger partial charge >= 0.3 is 5.97 Å². The molecule has 1 aliphatic heterocycles. The van der Waals surface area contributed by atoms with Crippen molar-refractivity contribution in [1.82, 2.24) is 9.55 Å². The average molecular weight is 450 g/mol. The molecule has 1 aliphatic rings. The molecule has 0 aliphatic carbocycles. The molecule has 4 rings (SSSR count). The second kappa shape index (κ2) is 9.00. The summed E-state index contributed by atoms with van der Waals surface area (Å²) in [6, 6.07) is 14.9. The van der Waals surface area contributed by atoms with Crippen LogP contribution in [-0.2, 0) is 22.3 Å². The number of rotatable bonds is 5. The monoisotopic (exact) mass is 449 g/mol. The van der Waals surface area contributed by atoms with Crippen molar-refractivity contribution in [3.63, 3.8) is 0 Å². The second-order valence-electron chi connectivity index (χ2n) is 7.72. The van der Waals surface area contributed by atoms with Gasteiger partial charge in [-0.15, -0.1) is 0 Å². The van der Waals surface area contributed by atoms with Crippen molar-refractivity contribution >= 4 is 29.5 Å². The molecule has 1 amide bonds. The van der Waals surface area contributed by atoms with Gasteiger partial charge in [0.2, 0.25) is 5.91 Å². The standard InChI is InChI=1S/C24H23N3O4S/c1-14-5-4-6-15(11-14)13-32-24-26-22(29)20-18(12-19(28)25-21(20)27(24)2)16-7-9-17(10-8-16)23(30)31-3/h4-11,18H,12-13H2,1-3H3,(H,25,28)/t18-/m0/s1. The molecule has 0 saturated heterocycles. The number of ether oxygens (including phenoxy) is 1. The molecule has 2 aromatic carbocycles. The molecule has 164 valence electrons. The number of thioether (sulfide) groups is 1. The van der Waals surface area contributed by atoms with Gasteiger partial charge in [-0.3, -0.25) is 9.59 Å². The van der Waals surface area contributed by atoms with Crippen LogP contribution in [0.3, 0.4) is 0 Å². The first-order valence-electron chi connectivity index (χ1n) is 10.1. The van der Waals surface area contributed by atoms with E-state index >= 15 is 0 Å². The van der Waals surface area contributed by atoms with E-state index in [0.717, 1.165) is 11.1 Å². The smallest absolute Gasteiger partial charge is 0.337 e. The number of aromatic nitrogens is 2. The SMILES string of the molecule is COC(=O)c1ccc([C@@H]2CC(=O)Nc3c2c(=O)nc(SCc2cccc(C)c2)n3C)cc1. The van der Waals surface area contributed by atoms with E-state index in [1.54, 1.807) is 35.9 Å². The van der Waals surface area contributed by atoms with Gasteiger partial charge in [0.15, 0.2) is 5.16 Å². The van der Waals surface area contributed by atoms with Gasteiger partial charge < -0.3 is 14.6 Å². The molecule has 8 heteroatoms. The van der Waals surface area contributed by atoms with Crippen molar-refractivity contribution in [3.05, 3.63) is 86.7 Å². The number of methoxy groups -OCH3 is 1. The average Bonchev–Trinajstić information content (AvgIpc) is 2.79. The third kappa shape index (κ3) is 4.31. The van der Waals surface area contributed by atoms with Crippen molar-refractivity contribution < 1.29 is 14.3 Å². The number of hydrogen-bond acceptors (Lipinski definition) is 6. The molecule has 0 radical (unpaired) electrons. The number of carbonyl (C=O) groups excluding carboxylic acids is 2. The molecular formula is C24H23N3O4S. The van der Waals surface area contributed by atoms with E-state index < -0.39 is 11.9 Å². The summed E-state index contributed by atoms with van der Waals surface area (Å²) in [5.74, 6) is 0.0803. The Kier molecular flexibility index (Phi) is 6.14. The fourth-order valence-corrected chi connectivity index (χ4v) is 4.78. The Labute approximate surface area is 189 Å². The second-order valence-corrected chi connectivity index (χ2v) is 8.66. The fourth-order valence-electron chi connectivity index (χ4n) is 3.87. The van der Waals surface area contributed by atoms with Crippen LogP contribution in [0.4, 0.5) is 5.82 Å². The zero-order chi connectivity index (χ0) is 22.8. The van der Waals surface area contributed by atoms with Crippen LogP contribution in [0.2, 0.25) is 0 Å². The van der Waals surface area contributed by atoms with Gasteiger partial charge in [0, 0.05) is 25.1 Å². The predicted molar refractivity (Wildman–Crippen MR) is 123 cm³/mol. The lowest BCUT2D eigenvalue weighted by molar-refractivity contribution is -0.116. The van der Waals surface area contributed by atoms with Crippen molar-refractivity contribution in [2.24, 2.45) is 7.05 Å². The number of fused-ring (bicyclic) bond motifs is 1. The predicted octanol–water partition coefficient (Wildman–Crippen LogP) is 3.64. The first-order valence-corrected chi connectivity index (χ1v) is 11.1. The van der Waals surface area contributed by atoms with Crippen molar-refractivity contribution in [1.29, 1.82) is 0 Å². The maximum atomic E-state index is 13.1. The Bertz CT molecular complexity index is 1250.